The Morgan fingerprint density at radius 2 is 2.33 bits per heavy atom. The zero-order chi connectivity index (χ0) is 10.3. The SMILES string of the molecule is Cc1ncc(CNCC2(C3CC3)CC2)[nH]1. The Bertz CT molecular complexity index is 348. The van der Waals surface area contributed by atoms with E-state index in [-0.39, 0.29) is 0 Å². The van der Waals surface area contributed by atoms with Gasteiger partial charge in [0.25, 0.3) is 0 Å². The second-order valence-electron chi connectivity index (χ2n) is 5.23. The van der Waals surface area contributed by atoms with Gasteiger partial charge in [-0.2, -0.15) is 0 Å². The van der Waals surface area contributed by atoms with Gasteiger partial charge in [0, 0.05) is 25.0 Å². The summed E-state index contributed by atoms with van der Waals surface area (Å²) in [5.41, 5.74) is 1.91. The Labute approximate surface area is 90.7 Å². The van der Waals surface area contributed by atoms with Crippen molar-refractivity contribution in [2.75, 3.05) is 6.54 Å². The molecule has 0 aromatic carbocycles. The average molecular weight is 205 g/mol. The van der Waals surface area contributed by atoms with Crippen LogP contribution in [0.4, 0.5) is 0 Å². The van der Waals surface area contributed by atoms with Gasteiger partial charge < -0.3 is 10.3 Å². The normalized spacial score (nSPS) is 23.0. The molecule has 1 aromatic heterocycles. The number of aromatic nitrogens is 2. The zero-order valence-corrected chi connectivity index (χ0v) is 9.34. The summed E-state index contributed by atoms with van der Waals surface area (Å²) in [4.78, 5) is 7.45. The molecule has 82 valence electrons. The van der Waals surface area contributed by atoms with Gasteiger partial charge in [-0.05, 0) is 43.9 Å². The molecule has 0 atom stereocenters. The third kappa shape index (κ3) is 1.93. The fraction of sp³-hybridized carbons (Fsp3) is 0.750. The van der Waals surface area contributed by atoms with Gasteiger partial charge in [-0.1, -0.05) is 0 Å². The van der Waals surface area contributed by atoms with E-state index in [9.17, 15) is 0 Å². The van der Waals surface area contributed by atoms with E-state index >= 15 is 0 Å². The van der Waals surface area contributed by atoms with Gasteiger partial charge in [-0.3, -0.25) is 0 Å². The van der Waals surface area contributed by atoms with E-state index in [1.54, 1.807) is 0 Å². The number of nitrogens with zero attached hydrogens (tertiary/aromatic N) is 1. The van der Waals surface area contributed by atoms with E-state index in [4.69, 9.17) is 0 Å². The highest BCUT2D eigenvalue weighted by Gasteiger charge is 2.53. The lowest BCUT2D eigenvalue weighted by Gasteiger charge is -2.14. The predicted octanol–water partition coefficient (Wildman–Crippen LogP) is 2.00. The molecule has 15 heavy (non-hydrogen) atoms. The highest BCUT2D eigenvalue weighted by molar-refractivity contribution is 5.06. The lowest BCUT2D eigenvalue weighted by molar-refractivity contribution is 0.402. The summed E-state index contributed by atoms with van der Waals surface area (Å²) < 4.78 is 0. The van der Waals surface area contributed by atoms with Crippen LogP contribution in [0.25, 0.3) is 0 Å². The third-order valence-electron chi connectivity index (χ3n) is 3.88. The molecule has 0 unspecified atom stereocenters. The molecular formula is C12H19N3. The maximum absolute atomic E-state index is 4.20. The number of aromatic amines is 1. The predicted molar refractivity (Wildman–Crippen MR) is 59.4 cm³/mol. The van der Waals surface area contributed by atoms with E-state index in [2.05, 4.69) is 15.3 Å². The number of rotatable bonds is 5. The molecule has 2 aliphatic rings. The van der Waals surface area contributed by atoms with Crippen LogP contribution >= 0.6 is 0 Å². The maximum atomic E-state index is 4.20. The number of nitrogens with one attached hydrogen (secondary N) is 2. The molecule has 3 rings (SSSR count). The van der Waals surface area contributed by atoms with Crippen LogP contribution in [0.3, 0.4) is 0 Å². The molecule has 2 N–H and O–H groups in total. The number of imidazole rings is 1. The molecule has 1 aromatic rings. The van der Waals surface area contributed by atoms with Crippen LogP contribution in [0.1, 0.15) is 37.2 Å². The first-order valence-corrected chi connectivity index (χ1v) is 6.00. The van der Waals surface area contributed by atoms with Gasteiger partial charge in [0.1, 0.15) is 5.82 Å². The van der Waals surface area contributed by atoms with Crippen LogP contribution < -0.4 is 5.32 Å². The van der Waals surface area contributed by atoms with Crippen LogP contribution in [-0.2, 0) is 6.54 Å². The molecule has 0 aliphatic heterocycles. The fourth-order valence-electron chi connectivity index (χ4n) is 2.59. The van der Waals surface area contributed by atoms with E-state index in [0.717, 1.165) is 18.3 Å². The Balaban J connectivity index is 1.47. The monoisotopic (exact) mass is 205 g/mol. The summed E-state index contributed by atoms with van der Waals surface area (Å²) >= 11 is 0. The highest BCUT2D eigenvalue weighted by atomic mass is 15.0. The Kier molecular flexibility index (Phi) is 2.09. The van der Waals surface area contributed by atoms with Crippen LogP contribution in [0.5, 0.6) is 0 Å². The fourth-order valence-corrected chi connectivity index (χ4v) is 2.59. The number of H-pyrrole nitrogens is 1. The zero-order valence-electron chi connectivity index (χ0n) is 9.34. The van der Waals surface area contributed by atoms with Crippen molar-refractivity contribution in [3.05, 3.63) is 17.7 Å². The topological polar surface area (TPSA) is 40.7 Å². The molecule has 3 heteroatoms. The van der Waals surface area contributed by atoms with Crippen LogP contribution in [-0.4, -0.2) is 16.5 Å². The van der Waals surface area contributed by atoms with Gasteiger partial charge >= 0.3 is 0 Å². The minimum Gasteiger partial charge on any atom is -0.345 e. The maximum Gasteiger partial charge on any atom is 0.103 e. The molecule has 2 aliphatic carbocycles. The Morgan fingerprint density at radius 3 is 2.87 bits per heavy atom. The van der Waals surface area contributed by atoms with E-state index in [1.807, 2.05) is 13.1 Å². The molecule has 0 radical (unpaired) electrons. The first-order valence-electron chi connectivity index (χ1n) is 6.00. The van der Waals surface area contributed by atoms with Crippen molar-refractivity contribution in [2.24, 2.45) is 11.3 Å². The second kappa shape index (κ2) is 3.34. The molecule has 0 amide bonds. The van der Waals surface area contributed by atoms with Crippen LogP contribution in [0.15, 0.2) is 6.20 Å². The first kappa shape index (κ1) is 9.40. The molecule has 2 saturated carbocycles. The van der Waals surface area contributed by atoms with Crippen molar-refractivity contribution < 1.29 is 0 Å². The molecule has 0 spiro atoms. The van der Waals surface area contributed by atoms with Crippen LogP contribution in [0.2, 0.25) is 0 Å². The van der Waals surface area contributed by atoms with E-state index in [1.165, 1.54) is 37.9 Å². The Hall–Kier alpha value is -0.830. The summed E-state index contributed by atoms with van der Waals surface area (Å²) in [5, 5.41) is 3.57. The van der Waals surface area contributed by atoms with Gasteiger partial charge in [-0.15, -0.1) is 0 Å². The molecular weight excluding hydrogens is 186 g/mol. The van der Waals surface area contributed by atoms with Crippen molar-refractivity contribution in [2.45, 2.75) is 39.2 Å². The lowest BCUT2D eigenvalue weighted by atomic mass is 10.0. The first-order chi connectivity index (χ1) is 7.28. The second-order valence-corrected chi connectivity index (χ2v) is 5.23. The summed E-state index contributed by atoms with van der Waals surface area (Å²) in [6, 6.07) is 0. The third-order valence-corrected chi connectivity index (χ3v) is 3.88. The largest absolute Gasteiger partial charge is 0.345 e. The lowest BCUT2D eigenvalue weighted by Crippen LogP contribution is -2.25. The van der Waals surface area contributed by atoms with Crippen molar-refractivity contribution in [3.8, 4) is 0 Å². The summed E-state index contributed by atoms with van der Waals surface area (Å²) in [7, 11) is 0. The number of hydrogen-bond acceptors (Lipinski definition) is 2. The van der Waals surface area contributed by atoms with Gasteiger partial charge in [0.15, 0.2) is 0 Å². The van der Waals surface area contributed by atoms with Crippen LogP contribution in [0, 0.1) is 18.3 Å². The van der Waals surface area contributed by atoms with Crippen molar-refractivity contribution in [1.29, 1.82) is 0 Å². The Morgan fingerprint density at radius 1 is 1.53 bits per heavy atom. The molecule has 3 nitrogen and oxygen atoms in total. The molecule has 2 fully saturated rings. The van der Waals surface area contributed by atoms with Crippen molar-refractivity contribution in [3.63, 3.8) is 0 Å². The van der Waals surface area contributed by atoms with E-state index < -0.39 is 0 Å². The summed E-state index contributed by atoms with van der Waals surface area (Å²) in [5.74, 6) is 2.06. The molecule has 0 saturated heterocycles. The minimum atomic E-state index is 0.703. The number of hydrogen-bond donors (Lipinski definition) is 2. The molecule has 1 heterocycles. The van der Waals surface area contributed by atoms with Crippen molar-refractivity contribution in [1.82, 2.24) is 15.3 Å². The van der Waals surface area contributed by atoms with Gasteiger partial charge in [0.05, 0.1) is 0 Å². The smallest absolute Gasteiger partial charge is 0.103 e. The highest BCUT2D eigenvalue weighted by Crippen LogP contribution is 2.60. The standard InChI is InChI=1S/C12H19N3/c1-9-14-7-11(15-9)6-13-8-12(4-5-12)10-2-3-10/h7,10,13H,2-6,8H2,1H3,(H,14,15). The minimum absolute atomic E-state index is 0.703. The average Bonchev–Trinajstić information content (AvgIpc) is 3.08. The van der Waals surface area contributed by atoms with E-state index in [0.29, 0.717) is 5.41 Å². The number of aryl methyl sites for hydroxylation is 1. The van der Waals surface area contributed by atoms with Gasteiger partial charge in [0.2, 0.25) is 0 Å². The molecule has 0 bridgehead atoms. The van der Waals surface area contributed by atoms with Gasteiger partial charge in [-0.25, -0.2) is 4.98 Å². The summed E-state index contributed by atoms with van der Waals surface area (Å²) in [6.45, 7) is 4.14. The quantitative estimate of drug-likeness (QED) is 0.772. The summed E-state index contributed by atoms with van der Waals surface area (Å²) in [6.07, 6.45) is 7.79. The van der Waals surface area contributed by atoms with Crippen molar-refractivity contribution >= 4 is 0 Å².